The van der Waals surface area contributed by atoms with Crippen molar-refractivity contribution in [3.8, 4) is 5.75 Å². The molecule has 1 saturated carbocycles. The summed E-state index contributed by atoms with van der Waals surface area (Å²) in [5, 5.41) is 11.4. The number of aliphatic carboxylic acids is 1. The van der Waals surface area contributed by atoms with Gasteiger partial charge < -0.3 is 15.2 Å². The van der Waals surface area contributed by atoms with Gasteiger partial charge in [0.2, 0.25) is 0 Å². The average molecular weight is 249 g/mol. The van der Waals surface area contributed by atoms with Crippen molar-refractivity contribution in [3.05, 3.63) is 29.8 Å². The van der Waals surface area contributed by atoms with E-state index in [1.807, 2.05) is 24.3 Å². The monoisotopic (exact) mass is 249 g/mol. The minimum absolute atomic E-state index is 0.0136. The molecule has 2 rings (SSSR count). The Balaban J connectivity index is 1.79. The quantitative estimate of drug-likeness (QED) is 0.811. The van der Waals surface area contributed by atoms with Crippen LogP contribution < -0.4 is 10.1 Å². The van der Waals surface area contributed by atoms with Crippen LogP contribution in [0.2, 0.25) is 0 Å². The molecule has 0 radical (unpaired) electrons. The first-order valence-corrected chi connectivity index (χ1v) is 6.42. The second-order valence-corrected chi connectivity index (χ2v) is 4.67. The average Bonchev–Trinajstić information content (AvgIpc) is 2.84. The van der Waals surface area contributed by atoms with Crippen LogP contribution in [0.25, 0.3) is 0 Å². The fourth-order valence-electron chi connectivity index (χ4n) is 2.20. The van der Waals surface area contributed by atoms with Crippen LogP contribution in [0.3, 0.4) is 0 Å². The minimum atomic E-state index is -0.837. The maximum atomic E-state index is 10.4. The van der Waals surface area contributed by atoms with Crippen LogP contribution in [0.1, 0.15) is 31.2 Å². The summed E-state index contributed by atoms with van der Waals surface area (Å²) >= 11 is 0. The SMILES string of the molecule is O=C(O)CNCc1ccc(OC2CCCC2)cc1. The Hall–Kier alpha value is -1.55. The van der Waals surface area contributed by atoms with Crippen LogP contribution in [-0.2, 0) is 11.3 Å². The third kappa shape index (κ3) is 4.04. The smallest absolute Gasteiger partial charge is 0.317 e. The predicted molar refractivity (Wildman–Crippen MR) is 68.7 cm³/mol. The van der Waals surface area contributed by atoms with Crippen molar-refractivity contribution in [1.29, 1.82) is 0 Å². The lowest BCUT2D eigenvalue weighted by atomic mass is 10.2. The van der Waals surface area contributed by atoms with E-state index in [4.69, 9.17) is 9.84 Å². The lowest BCUT2D eigenvalue weighted by Gasteiger charge is -2.13. The number of nitrogens with one attached hydrogen (secondary N) is 1. The number of carboxylic acids is 1. The van der Waals surface area contributed by atoms with Gasteiger partial charge >= 0.3 is 5.97 Å². The predicted octanol–water partition coefficient (Wildman–Crippen LogP) is 2.18. The fraction of sp³-hybridized carbons (Fsp3) is 0.500. The van der Waals surface area contributed by atoms with Gasteiger partial charge in [-0.15, -0.1) is 0 Å². The first-order chi connectivity index (χ1) is 8.74. The van der Waals surface area contributed by atoms with E-state index in [9.17, 15) is 4.79 Å². The topological polar surface area (TPSA) is 58.6 Å². The molecule has 0 saturated heterocycles. The van der Waals surface area contributed by atoms with Crippen LogP contribution in [0, 0.1) is 0 Å². The molecular weight excluding hydrogens is 230 g/mol. The molecule has 0 amide bonds. The van der Waals surface area contributed by atoms with Crippen LogP contribution in [0.4, 0.5) is 0 Å². The zero-order valence-corrected chi connectivity index (χ0v) is 10.4. The van der Waals surface area contributed by atoms with Gasteiger partial charge in [-0.1, -0.05) is 12.1 Å². The van der Waals surface area contributed by atoms with Gasteiger partial charge in [-0.05, 0) is 43.4 Å². The van der Waals surface area contributed by atoms with Crippen LogP contribution in [0.5, 0.6) is 5.75 Å². The van der Waals surface area contributed by atoms with Crippen molar-refractivity contribution in [2.45, 2.75) is 38.3 Å². The lowest BCUT2D eigenvalue weighted by Crippen LogP contribution is -2.21. The van der Waals surface area contributed by atoms with E-state index in [1.54, 1.807) is 0 Å². The molecule has 0 unspecified atom stereocenters. The Morgan fingerprint density at radius 2 is 1.94 bits per heavy atom. The van der Waals surface area contributed by atoms with E-state index in [0.29, 0.717) is 12.6 Å². The molecule has 0 atom stereocenters. The van der Waals surface area contributed by atoms with Gasteiger partial charge in [-0.2, -0.15) is 0 Å². The number of carboxylic acid groups (broad SMARTS) is 1. The summed E-state index contributed by atoms with van der Waals surface area (Å²) in [4.78, 5) is 10.4. The van der Waals surface area contributed by atoms with Gasteiger partial charge in [0.15, 0.2) is 0 Å². The summed E-state index contributed by atoms with van der Waals surface area (Å²) in [6.45, 7) is 0.552. The number of rotatable bonds is 6. The van der Waals surface area contributed by atoms with Crippen LogP contribution in [0.15, 0.2) is 24.3 Å². The molecule has 2 N–H and O–H groups in total. The van der Waals surface area contributed by atoms with Crippen molar-refractivity contribution in [2.24, 2.45) is 0 Å². The van der Waals surface area contributed by atoms with E-state index >= 15 is 0 Å². The molecule has 1 aliphatic carbocycles. The second kappa shape index (κ2) is 6.40. The summed E-state index contributed by atoms with van der Waals surface area (Å²) in [6.07, 6.45) is 5.22. The number of benzene rings is 1. The molecule has 0 spiro atoms. The Bertz CT molecular complexity index is 383. The van der Waals surface area contributed by atoms with E-state index < -0.39 is 5.97 Å². The zero-order chi connectivity index (χ0) is 12.8. The maximum Gasteiger partial charge on any atom is 0.317 e. The summed E-state index contributed by atoms with van der Waals surface area (Å²) in [5.74, 6) is 0.0695. The highest BCUT2D eigenvalue weighted by molar-refractivity contribution is 5.68. The van der Waals surface area contributed by atoms with Gasteiger partial charge in [0.1, 0.15) is 5.75 Å². The Morgan fingerprint density at radius 3 is 2.56 bits per heavy atom. The van der Waals surface area contributed by atoms with Crippen molar-refractivity contribution >= 4 is 5.97 Å². The molecule has 0 aliphatic heterocycles. The van der Waals surface area contributed by atoms with E-state index in [-0.39, 0.29) is 6.54 Å². The summed E-state index contributed by atoms with van der Waals surface area (Å²) in [7, 11) is 0. The molecule has 18 heavy (non-hydrogen) atoms. The van der Waals surface area contributed by atoms with Gasteiger partial charge in [-0.25, -0.2) is 0 Å². The third-order valence-electron chi connectivity index (χ3n) is 3.13. The molecule has 0 heterocycles. The molecule has 1 aliphatic rings. The lowest BCUT2D eigenvalue weighted by molar-refractivity contribution is -0.135. The second-order valence-electron chi connectivity index (χ2n) is 4.67. The standard InChI is InChI=1S/C14H19NO3/c16-14(17)10-15-9-11-5-7-13(8-6-11)18-12-3-1-2-4-12/h5-8,12,15H,1-4,9-10H2,(H,16,17). The van der Waals surface area contributed by atoms with Crippen molar-refractivity contribution in [1.82, 2.24) is 5.32 Å². The molecule has 98 valence electrons. The summed E-state index contributed by atoms with van der Waals surface area (Å²) in [6, 6.07) is 7.85. The highest BCUT2D eigenvalue weighted by Gasteiger charge is 2.16. The molecular formula is C14H19NO3. The van der Waals surface area contributed by atoms with E-state index in [2.05, 4.69) is 5.32 Å². The van der Waals surface area contributed by atoms with Gasteiger partial charge in [0.05, 0.1) is 12.6 Å². The largest absolute Gasteiger partial charge is 0.490 e. The van der Waals surface area contributed by atoms with Crippen LogP contribution in [-0.4, -0.2) is 23.7 Å². The first-order valence-electron chi connectivity index (χ1n) is 6.42. The normalized spacial score (nSPS) is 15.8. The number of hydrogen-bond acceptors (Lipinski definition) is 3. The summed E-state index contributed by atoms with van der Waals surface area (Å²) < 4.78 is 5.86. The van der Waals surface area contributed by atoms with E-state index in [1.165, 1.54) is 12.8 Å². The molecule has 1 fully saturated rings. The highest BCUT2D eigenvalue weighted by atomic mass is 16.5. The Labute approximate surface area is 107 Å². The number of hydrogen-bond donors (Lipinski definition) is 2. The number of carbonyl (C=O) groups is 1. The van der Waals surface area contributed by atoms with Crippen molar-refractivity contribution in [2.75, 3.05) is 6.54 Å². The Morgan fingerprint density at radius 1 is 1.28 bits per heavy atom. The molecule has 0 aromatic heterocycles. The van der Waals surface area contributed by atoms with Crippen molar-refractivity contribution in [3.63, 3.8) is 0 Å². The first kappa shape index (κ1) is 12.9. The Kier molecular flexibility index (Phi) is 4.59. The third-order valence-corrected chi connectivity index (χ3v) is 3.13. The molecule has 1 aromatic carbocycles. The number of ether oxygens (including phenoxy) is 1. The molecule has 1 aromatic rings. The summed E-state index contributed by atoms with van der Waals surface area (Å²) in [5.41, 5.74) is 1.06. The van der Waals surface area contributed by atoms with Crippen LogP contribution >= 0.6 is 0 Å². The van der Waals surface area contributed by atoms with Crippen molar-refractivity contribution < 1.29 is 14.6 Å². The highest BCUT2D eigenvalue weighted by Crippen LogP contribution is 2.24. The molecule has 4 nitrogen and oxygen atoms in total. The van der Waals surface area contributed by atoms with Gasteiger partial charge in [-0.3, -0.25) is 4.79 Å². The zero-order valence-electron chi connectivity index (χ0n) is 10.4. The molecule has 4 heteroatoms. The van der Waals surface area contributed by atoms with E-state index in [0.717, 1.165) is 24.2 Å². The molecule has 0 bridgehead atoms. The van der Waals surface area contributed by atoms with Gasteiger partial charge in [0, 0.05) is 6.54 Å². The maximum absolute atomic E-state index is 10.4. The fourth-order valence-corrected chi connectivity index (χ4v) is 2.20. The minimum Gasteiger partial charge on any atom is -0.490 e. The van der Waals surface area contributed by atoms with Gasteiger partial charge in [0.25, 0.3) is 0 Å².